The maximum atomic E-state index is 14.5. The first kappa shape index (κ1) is 36.3. The Morgan fingerprint density at radius 3 is 2.09 bits per heavy atom. The summed E-state index contributed by atoms with van der Waals surface area (Å²) >= 11 is 0. The molecule has 53 heavy (non-hydrogen) atoms. The largest absolute Gasteiger partial charge is 0.426 e. The first-order valence-electron chi connectivity index (χ1n) is 18.8. The number of hydrogen-bond donors (Lipinski definition) is 1. The van der Waals surface area contributed by atoms with Gasteiger partial charge in [0.1, 0.15) is 11.6 Å². The molecule has 5 aromatic rings. The lowest BCUT2D eigenvalue weighted by molar-refractivity contribution is -0.329. The summed E-state index contributed by atoms with van der Waals surface area (Å²) in [6, 6.07) is 35.0. The summed E-state index contributed by atoms with van der Waals surface area (Å²) in [7, 11) is 0. The van der Waals surface area contributed by atoms with Gasteiger partial charge in [-0.25, -0.2) is 4.39 Å². The average Bonchev–Trinajstić information content (AvgIpc) is 3.51. The van der Waals surface area contributed by atoms with Gasteiger partial charge in [0.2, 0.25) is 0 Å². The molecule has 1 spiro atoms. The number of amides is 1. The molecular formula is C45H47FN2O5. The topological polar surface area (TPSA) is 78.8 Å². The van der Waals surface area contributed by atoms with Gasteiger partial charge in [0, 0.05) is 42.8 Å². The molecule has 1 aliphatic carbocycles. The van der Waals surface area contributed by atoms with Gasteiger partial charge < -0.3 is 24.1 Å². The molecule has 1 aliphatic heterocycles. The molecule has 7 nitrogen and oxygen atoms in total. The Hall–Kier alpha value is -5.05. The van der Waals surface area contributed by atoms with Crippen molar-refractivity contribution in [2.45, 2.75) is 95.7 Å². The number of halogens is 1. The van der Waals surface area contributed by atoms with Crippen LogP contribution in [0.4, 0.5) is 10.1 Å². The lowest BCUT2D eigenvalue weighted by Crippen LogP contribution is -2.50. The molecule has 274 valence electrons. The number of carbonyl (C=O) groups is 2. The van der Waals surface area contributed by atoms with Crippen molar-refractivity contribution in [2.75, 3.05) is 5.32 Å². The second kappa shape index (κ2) is 16.3. The Morgan fingerprint density at radius 1 is 0.811 bits per heavy atom. The van der Waals surface area contributed by atoms with Crippen molar-refractivity contribution < 1.29 is 28.2 Å². The minimum Gasteiger partial charge on any atom is -0.426 e. The van der Waals surface area contributed by atoms with Gasteiger partial charge in [-0.2, -0.15) is 0 Å². The molecule has 1 N–H and O–H groups in total. The normalized spacial score (nSPS) is 18.2. The maximum Gasteiger partial charge on any atom is 0.313 e. The standard InChI is InChI=1S/C45H47FN2O5/c1-31(2)42-41(44(50)47-35-17-9-4-10-18-35)40(32-15-7-3-8-16-32)43(33-21-23-34(46)24-22-33)48(42)28-25-37-29-38(53-45(52-37)26-13-6-14-27-45)30-39(49)51-36-19-11-5-12-20-36/h3-5,7-12,15-24,31,37-38H,6,13-14,25-30H2,1-2H3,(H,47,50). The number of ether oxygens (including phenoxy) is 3. The molecule has 2 atom stereocenters. The summed E-state index contributed by atoms with van der Waals surface area (Å²) in [5.74, 6) is -1.14. The van der Waals surface area contributed by atoms with E-state index < -0.39 is 5.79 Å². The van der Waals surface area contributed by atoms with E-state index in [0.29, 0.717) is 36.4 Å². The SMILES string of the molecule is CC(C)c1c(C(=O)Nc2ccccc2)c(-c2ccccc2)c(-c2ccc(F)cc2)n1CCC1CC(CC(=O)Oc2ccccc2)OC2(CCCCC2)O1. The molecular weight excluding hydrogens is 668 g/mol. The Labute approximate surface area is 311 Å². The van der Waals surface area contributed by atoms with Crippen LogP contribution < -0.4 is 10.1 Å². The van der Waals surface area contributed by atoms with Crippen LogP contribution in [0.5, 0.6) is 5.75 Å². The fourth-order valence-electron chi connectivity index (χ4n) is 7.98. The van der Waals surface area contributed by atoms with Crippen LogP contribution in [-0.4, -0.2) is 34.4 Å². The summed E-state index contributed by atoms with van der Waals surface area (Å²) in [5, 5.41) is 3.15. The number of anilines is 1. The van der Waals surface area contributed by atoms with Gasteiger partial charge in [0.25, 0.3) is 5.91 Å². The number of aromatic nitrogens is 1. The van der Waals surface area contributed by atoms with Crippen LogP contribution in [-0.2, 0) is 20.8 Å². The molecule has 7 rings (SSSR count). The first-order valence-corrected chi connectivity index (χ1v) is 18.8. The van der Waals surface area contributed by atoms with E-state index in [9.17, 15) is 14.0 Å². The van der Waals surface area contributed by atoms with Gasteiger partial charge >= 0.3 is 5.97 Å². The highest BCUT2D eigenvalue weighted by Crippen LogP contribution is 2.44. The van der Waals surface area contributed by atoms with Crippen LogP contribution in [0.2, 0.25) is 0 Å². The molecule has 1 aromatic heterocycles. The van der Waals surface area contributed by atoms with Crippen LogP contribution >= 0.6 is 0 Å². The third-order valence-corrected chi connectivity index (χ3v) is 10.2. The summed E-state index contributed by atoms with van der Waals surface area (Å²) in [4.78, 5) is 27.6. The minimum atomic E-state index is -0.744. The number of carbonyl (C=O) groups excluding carboxylic acids is 2. The smallest absolute Gasteiger partial charge is 0.313 e. The summed E-state index contributed by atoms with van der Waals surface area (Å²) in [5.41, 5.74) is 5.53. The van der Waals surface area contributed by atoms with Crippen molar-refractivity contribution in [1.29, 1.82) is 0 Å². The predicted octanol–water partition coefficient (Wildman–Crippen LogP) is 10.6. The molecule has 1 amide bonds. The fraction of sp³-hybridized carbons (Fsp3) is 0.333. The van der Waals surface area contributed by atoms with E-state index in [1.54, 1.807) is 24.3 Å². The molecule has 8 heteroatoms. The van der Waals surface area contributed by atoms with Gasteiger partial charge in [-0.05, 0) is 84.8 Å². The summed E-state index contributed by atoms with van der Waals surface area (Å²) in [6.45, 7) is 4.73. The zero-order chi connectivity index (χ0) is 36.8. The highest BCUT2D eigenvalue weighted by molar-refractivity contribution is 6.12. The maximum absolute atomic E-state index is 14.5. The van der Waals surface area contributed by atoms with E-state index in [0.717, 1.165) is 60.2 Å². The van der Waals surface area contributed by atoms with Gasteiger partial charge in [-0.1, -0.05) is 87.0 Å². The van der Waals surface area contributed by atoms with Crippen LogP contribution in [0, 0.1) is 5.82 Å². The van der Waals surface area contributed by atoms with Gasteiger partial charge in [-0.15, -0.1) is 0 Å². The Kier molecular flexibility index (Phi) is 11.2. The molecule has 2 unspecified atom stereocenters. The number of benzene rings is 4. The van der Waals surface area contributed by atoms with E-state index >= 15 is 0 Å². The molecule has 0 radical (unpaired) electrons. The summed E-state index contributed by atoms with van der Waals surface area (Å²) < 4.78 is 35.8. The molecule has 1 saturated heterocycles. The zero-order valence-electron chi connectivity index (χ0n) is 30.4. The lowest BCUT2D eigenvalue weighted by Gasteiger charge is -2.46. The molecule has 2 heterocycles. The van der Waals surface area contributed by atoms with E-state index in [2.05, 4.69) is 23.7 Å². The molecule has 2 fully saturated rings. The Balaban J connectivity index is 1.27. The van der Waals surface area contributed by atoms with E-state index in [1.807, 2.05) is 78.9 Å². The average molecular weight is 715 g/mol. The zero-order valence-corrected chi connectivity index (χ0v) is 30.4. The van der Waals surface area contributed by atoms with Gasteiger partial charge in [-0.3, -0.25) is 9.59 Å². The lowest BCUT2D eigenvalue weighted by atomic mass is 9.91. The third kappa shape index (κ3) is 8.45. The Bertz CT molecular complexity index is 1990. The van der Waals surface area contributed by atoms with Crippen molar-refractivity contribution in [3.63, 3.8) is 0 Å². The van der Waals surface area contributed by atoms with Crippen LogP contribution in [0.1, 0.15) is 87.2 Å². The van der Waals surface area contributed by atoms with Gasteiger partial charge in [0.05, 0.1) is 29.9 Å². The monoisotopic (exact) mass is 714 g/mol. The molecule has 0 bridgehead atoms. The highest BCUT2D eigenvalue weighted by atomic mass is 19.1. The summed E-state index contributed by atoms with van der Waals surface area (Å²) in [6.07, 6.45) is 5.37. The second-order valence-electron chi connectivity index (χ2n) is 14.4. The van der Waals surface area contributed by atoms with Crippen molar-refractivity contribution in [1.82, 2.24) is 4.57 Å². The number of para-hydroxylation sites is 2. The Morgan fingerprint density at radius 2 is 1.43 bits per heavy atom. The molecule has 4 aromatic carbocycles. The minimum absolute atomic E-state index is 0.0380. The third-order valence-electron chi connectivity index (χ3n) is 10.2. The number of rotatable bonds is 11. The quantitative estimate of drug-likeness (QED) is 0.109. The van der Waals surface area contributed by atoms with Crippen LogP contribution in [0.3, 0.4) is 0 Å². The van der Waals surface area contributed by atoms with Gasteiger partial charge in [0.15, 0.2) is 5.79 Å². The fourth-order valence-corrected chi connectivity index (χ4v) is 7.98. The van der Waals surface area contributed by atoms with Crippen molar-refractivity contribution in [3.05, 3.63) is 132 Å². The number of nitrogens with one attached hydrogen (secondary N) is 1. The van der Waals surface area contributed by atoms with E-state index in [4.69, 9.17) is 14.2 Å². The van der Waals surface area contributed by atoms with E-state index in [-0.39, 0.29) is 42.2 Å². The van der Waals surface area contributed by atoms with Crippen molar-refractivity contribution >= 4 is 17.6 Å². The van der Waals surface area contributed by atoms with E-state index in [1.165, 1.54) is 12.1 Å². The number of esters is 1. The first-order chi connectivity index (χ1) is 25.8. The van der Waals surface area contributed by atoms with Crippen molar-refractivity contribution in [2.24, 2.45) is 0 Å². The highest BCUT2D eigenvalue weighted by Gasteiger charge is 2.44. The number of hydrogen-bond acceptors (Lipinski definition) is 5. The molecule has 2 aliphatic rings. The van der Waals surface area contributed by atoms with Crippen LogP contribution in [0.25, 0.3) is 22.4 Å². The second-order valence-corrected chi connectivity index (χ2v) is 14.4. The van der Waals surface area contributed by atoms with Crippen molar-refractivity contribution in [3.8, 4) is 28.1 Å². The predicted molar refractivity (Wildman–Crippen MR) is 205 cm³/mol. The number of nitrogens with zero attached hydrogens (tertiary/aromatic N) is 1. The molecule has 1 saturated carbocycles. The van der Waals surface area contributed by atoms with Crippen LogP contribution in [0.15, 0.2) is 115 Å².